The Hall–Kier alpha value is -3.06. The van der Waals surface area contributed by atoms with E-state index in [0.29, 0.717) is 19.3 Å². The van der Waals surface area contributed by atoms with Gasteiger partial charge in [0.1, 0.15) is 18.8 Å². The Morgan fingerprint density at radius 3 is 1.27 bits per heavy atom. The third-order valence-electron chi connectivity index (χ3n) is 13.7. The third-order valence-corrected chi connectivity index (χ3v) is 13.7. The zero-order chi connectivity index (χ0) is 53.3. The number of carboxylic acids is 1. The second kappa shape index (κ2) is 49.8. The van der Waals surface area contributed by atoms with Crippen LogP contribution in [0.25, 0.3) is 0 Å². The van der Waals surface area contributed by atoms with Gasteiger partial charge in [-0.3, -0.25) is 14.4 Å². The lowest BCUT2D eigenvalue weighted by molar-refractivity contribution is -0.301. The molecule has 1 heterocycles. The molecular formula is C61H108O12. The van der Waals surface area contributed by atoms with Crippen LogP contribution in [0.5, 0.6) is 0 Å². The molecule has 1 aliphatic heterocycles. The van der Waals surface area contributed by atoms with E-state index in [0.717, 1.165) is 103 Å². The minimum Gasteiger partial charge on any atom is -0.479 e. The first-order chi connectivity index (χ1) is 35.6. The molecule has 6 unspecified atom stereocenters. The van der Waals surface area contributed by atoms with E-state index in [-0.39, 0.29) is 25.9 Å². The molecule has 0 radical (unpaired) electrons. The van der Waals surface area contributed by atoms with Gasteiger partial charge in [0, 0.05) is 19.3 Å². The van der Waals surface area contributed by atoms with Crippen molar-refractivity contribution in [2.75, 3.05) is 13.2 Å². The summed E-state index contributed by atoms with van der Waals surface area (Å²) in [5.41, 5.74) is 0. The highest BCUT2D eigenvalue weighted by Crippen LogP contribution is 2.26. The summed E-state index contributed by atoms with van der Waals surface area (Å²) in [7, 11) is 0. The number of aliphatic hydroxyl groups is 2. The average molecular weight is 1030 g/mol. The Balaban J connectivity index is 2.68. The Bertz CT molecular complexity index is 1410. The van der Waals surface area contributed by atoms with Crippen LogP contribution in [0.4, 0.5) is 0 Å². The van der Waals surface area contributed by atoms with Crippen LogP contribution in [-0.4, -0.2) is 89.2 Å². The summed E-state index contributed by atoms with van der Waals surface area (Å²) in [5, 5.41) is 31.4. The van der Waals surface area contributed by atoms with Gasteiger partial charge in [-0.1, -0.05) is 218 Å². The van der Waals surface area contributed by atoms with Crippen LogP contribution >= 0.6 is 0 Å². The van der Waals surface area contributed by atoms with Gasteiger partial charge >= 0.3 is 23.9 Å². The molecule has 0 aromatic carbocycles. The van der Waals surface area contributed by atoms with Gasteiger partial charge in [-0.2, -0.15) is 0 Å². The molecule has 73 heavy (non-hydrogen) atoms. The fourth-order valence-corrected chi connectivity index (χ4v) is 9.04. The molecule has 1 rings (SSSR count). The van der Waals surface area contributed by atoms with Gasteiger partial charge in [-0.25, -0.2) is 4.79 Å². The van der Waals surface area contributed by atoms with E-state index in [1.165, 1.54) is 116 Å². The van der Waals surface area contributed by atoms with Crippen LogP contribution in [0.2, 0.25) is 0 Å². The molecule has 0 spiro atoms. The number of hydrogen-bond donors (Lipinski definition) is 3. The van der Waals surface area contributed by atoms with Crippen LogP contribution in [0.3, 0.4) is 0 Å². The summed E-state index contributed by atoms with van der Waals surface area (Å²) < 4.78 is 28.4. The van der Waals surface area contributed by atoms with Crippen LogP contribution in [0, 0.1) is 0 Å². The summed E-state index contributed by atoms with van der Waals surface area (Å²) in [6, 6.07) is 0. The highest BCUT2D eigenvalue weighted by molar-refractivity contribution is 5.74. The fraction of sp³-hybridized carbons (Fsp3) is 0.836. The van der Waals surface area contributed by atoms with Crippen molar-refractivity contribution >= 4 is 23.9 Å². The Morgan fingerprint density at radius 2 is 0.822 bits per heavy atom. The van der Waals surface area contributed by atoms with Crippen molar-refractivity contribution in [2.24, 2.45) is 0 Å². The predicted molar refractivity (Wildman–Crippen MR) is 294 cm³/mol. The zero-order valence-corrected chi connectivity index (χ0v) is 46.6. The molecular weight excluding hydrogens is 925 g/mol. The summed E-state index contributed by atoms with van der Waals surface area (Å²) in [5.74, 6) is -3.12. The molecule has 0 amide bonds. The summed E-state index contributed by atoms with van der Waals surface area (Å²) in [6.45, 7) is 5.95. The highest BCUT2D eigenvalue weighted by Gasteiger charge is 2.50. The molecule has 0 aliphatic carbocycles. The normalized spacial score (nSPS) is 18.5. The fourth-order valence-electron chi connectivity index (χ4n) is 9.04. The number of allylic oxidation sites excluding steroid dienone is 6. The minimum atomic E-state index is -1.90. The highest BCUT2D eigenvalue weighted by atomic mass is 16.7. The van der Waals surface area contributed by atoms with Gasteiger partial charge in [0.15, 0.2) is 24.6 Å². The maximum atomic E-state index is 13.1. The number of aliphatic hydroxyl groups excluding tert-OH is 2. The maximum absolute atomic E-state index is 13.1. The molecule has 0 bridgehead atoms. The Kier molecular flexibility index (Phi) is 46.4. The van der Waals surface area contributed by atoms with E-state index < -0.39 is 67.3 Å². The van der Waals surface area contributed by atoms with E-state index >= 15 is 0 Å². The number of hydrogen-bond acceptors (Lipinski definition) is 11. The number of carboxylic acid groups (broad SMARTS) is 1. The molecule has 6 atom stereocenters. The lowest BCUT2D eigenvalue weighted by Gasteiger charge is -2.40. The SMILES string of the molecule is CCCCC/C=C\C/C=C\CCCCCCCCCC(=O)OCC(COC1OC(C(=O)O)C(O)C(O)C1OC(=O)CCCCCCCCCCCCC)OC(=O)CCCCCCC/C=C\CCCCCCCC. The summed E-state index contributed by atoms with van der Waals surface area (Å²) in [4.78, 5) is 51.1. The standard InChI is InChI=1S/C61H108O12/c1-4-7-10-13-16-19-22-24-26-27-29-30-33-35-38-41-44-47-53(62)69-50-52(71-54(63)48-45-42-39-37-34-31-28-25-23-20-17-14-11-8-5-2)51-70-61-59(57(66)56(65)58(73-61)60(67)68)72-55(64)49-46-43-40-36-32-21-18-15-12-9-6-3/h16,19,24-26,28,52,56-59,61,65-66H,4-15,17-18,20-23,27,29-51H2,1-3H3,(H,67,68)/b19-16-,26-24-,28-25-. The molecule has 424 valence electrons. The van der Waals surface area contributed by atoms with Gasteiger partial charge in [-0.05, 0) is 77.0 Å². The average Bonchev–Trinajstić information content (AvgIpc) is 3.37. The number of ether oxygens (including phenoxy) is 5. The van der Waals surface area contributed by atoms with E-state index in [9.17, 15) is 34.5 Å². The van der Waals surface area contributed by atoms with E-state index in [4.69, 9.17) is 23.7 Å². The van der Waals surface area contributed by atoms with Gasteiger partial charge in [-0.15, -0.1) is 0 Å². The zero-order valence-electron chi connectivity index (χ0n) is 46.6. The van der Waals surface area contributed by atoms with Crippen molar-refractivity contribution in [3.63, 3.8) is 0 Å². The first-order valence-electron chi connectivity index (χ1n) is 30.0. The second-order valence-electron chi connectivity index (χ2n) is 20.6. The molecule has 1 aliphatic rings. The van der Waals surface area contributed by atoms with E-state index in [2.05, 4.69) is 57.2 Å². The van der Waals surface area contributed by atoms with Gasteiger partial charge in [0.2, 0.25) is 0 Å². The smallest absolute Gasteiger partial charge is 0.335 e. The van der Waals surface area contributed by atoms with Gasteiger partial charge < -0.3 is 39.0 Å². The van der Waals surface area contributed by atoms with Crippen LogP contribution in [0.15, 0.2) is 36.5 Å². The van der Waals surface area contributed by atoms with Crippen molar-refractivity contribution in [1.29, 1.82) is 0 Å². The quantitative estimate of drug-likeness (QED) is 0.0228. The largest absolute Gasteiger partial charge is 0.479 e. The van der Waals surface area contributed by atoms with Crippen LogP contribution in [-0.2, 0) is 42.9 Å². The number of rotatable bonds is 51. The minimum absolute atomic E-state index is 0.0630. The number of unbranched alkanes of at least 4 members (excludes halogenated alkanes) is 31. The third kappa shape index (κ3) is 39.9. The molecule has 3 N–H and O–H groups in total. The van der Waals surface area contributed by atoms with Crippen molar-refractivity contribution in [3.05, 3.63) is 36.5 Å². The summed E-state index contributed by atoms with van der Waals surface area (Å²) >= 11 is 0. The van der Waals surface area contributed by atoms with Crippen molar-refractivity contribution in [2.45, 2.75) is 314 Å². The van der Waals surface area contributed by atoms with E-state index in [1.807, 2.05) is 0 Å². The number of esters is 3. The molecule has 1 fully saturated rings. The first kappa shape index (κ1) is 68.0. The lowest BCUT2D eigenvalue weighted by atomic mass is 9.98. The second-order valence-corrected chi connectivity index (χ2v) is 20.6. The van der Waals surface area contributed by atoms with Crippen LogP contribution in [0.1, 0.15) is 278 Å². The number of carbonyl (C=O) groups excluding carboxylic acids is 3. The van der Waals surface area contributed by atoms with E-state index in [1.54, 1.807) is 0 Å². The Morgan fingerprint density at radius 1 is 0.452 bits per heavy atom. The van der Waals surface area contributed by atoms with Gasteiger partial charge in [0.25, 0.3) is 0 Å². The lowest BCUT2D eigenvalue weighted by Crippen LogP contribution is -2.61. The predicted octanol–water partition coefficient (Wildman–Crippen LogP) is 15.2. The Labute approximate surface area is 444 Å². The maximum Gasteiger partial charge on any atom is 0.335 e. The van der Waals surface area contributed by atoms with Crippen molar-refractivity contribution < 1.29 is 58.2 Å². The van der Waals surface area contributed by atoms with Crippen molar-refractivity contribution in [3.8, 4) is 0 Å². The molecule has 12 nitrogen and oxygen atoms in total. The molecule has 0 aromatic heterocycles. The van der Waals surface area contributed by atoms with Crippen molar-refractivity contribution in [1.82, 2.24) is 0 Å². The van der Waals surface area contributed by atoms with Gasteiger partial charge in [0.05, 0.1) is 6.61 Å². The molecule has 0 saturated carbocycles. The summed E-state index contributed by atoms with van der Waals surface area (Å²) in [6.07, 6.45) is 45.4. The number of aliphatic carboxylic acids is 1. The molecule has 12 heteroatoms. The van der Waals surface area contributed by atoms with Crippen LogP contribution < -0.4 is 0 Å². The number of carbonyl (C=O) groups is 4. The monoisotopic (exact) mass is 1030 g/mol. The molecule has 1 saturated heterocycles. The topological polar surface area (TPSA) is 175 Å². The first-order valence-corrected chi connectivity index (χ1v) is 30.0. The molecule has 0 aromatic rings.